The van der Waals surface area contributed by atoms with Crippen LogP contribution in [0.25, 0.3) is 0 Å². The standard InChI is InChI=1S/C18H27FN4O.HI/c1-2-20-18(21-11-4-7-17(24)23-16-8-9-16)22-12-10-14-5-3-6-15(19)13-14;/h3,5-6,13,16H,2,4,7-12H2,1H3,(H,23,24)(H2,20,21,22);1H. The maximum atomic E-state index is 13.1. The van der Waals surface area contributed by atoms with E-state index in [0.29, 0.717) is 25.6 Å². The Hall–Kier alpha value is -1.38. The highest BCUT2D eigenvalue weighted by Crippen LogP contribution is 2.18. The normalized spacial score (nSPS) is 13.8. The van der Waals surface area contributed by atoms with Crippen LogP contribution < -0.4 is 16.0 Å². The molecule has 0 aliphatic heterocycles. The van der Waals surface area contributed by atoms with Gasteiger partial charge in [-0.15, -0.1) is 24.0 Å². The van der Waals surface area contributed by atoms with Gasteiger partial charge in [0.2, 0.25) is 5.91 Å². The van der Waals surface area contributed by atoms with Gasteiger partial charge in [0.25, 0.3) is 0 Å². The average Bonchev–Trinajstić information content (AvgIpc) is 3.35. The molecule has 1 amide bonds. The maximum Gasteiger partial charge on any atom is 0.220 e. The fourth-order valence-corrected chi connectivity index (χ4v) is 2.32. The van der Waals surface area contributed by atoms with Gasteiger partial charge in [-0.3, -0.25) is 9.79 Å². The zero-order valence-corrected chi connectivity index (χ0v) is 17.0. The molecule has 3 N–H and O–H groups in total. The van der Waals surface area contributed by atoms with Crippen molar-refractivity contribution in [2.45, 2.75) is 45.1 Å². The molecule has 0 unspecified atom stereocenters. The molecule has 5 nitrogen and oxygen atoms in total. The van der Waals surface area contributed by atoms with Crippen LogP contribution in [0.4, 0.5) is 4.39 Å². The lowest BCUT2D eigenvalue weighted by molar-refractivity contribution is -0.121. The highest BCUT2D eigenvalue weighted by atomic mass is 127. The third-order valence-corrected chi connectivity index (χ3v) is 3.71. The van der Waals surface area contributed by atoms with Crippen molar-refractivity contribution in [2.75, 3.05) is 19.6 Å². The first-order valence-corrected chi connectivity index (χ1v) is 8.73. The first-order chi connectivity index (χ1) is 11.7. The minimum absolute atomic E-state index is 0. The van der Waals surface area contributed by atoms with Crippen LogP contribution in [-0.2, 0) is 11.2 Å². The van der Waals surface area contributed by atoms with Crippen molar-refractivity contribution in [2.24, 2.45) is 4.99 Å². The monoisotopic (exact) mass is 462 g/mol. The van der Waals surface area contributed by atoms with Gasteiger partial charge in [0.1, 0.15) is 5.82 Å². The van der Waals surface area contributed by atoms with E-state index >= 15 is 0 Å². The summed E-state index contributed by atoms with van der Waals surface area (Å²) in [5.74, 6) is 0.644. The van der Waals surface area contributed by atoms with Gasteiger partial charge >= 0.3 is 0 Å². The van der Waals surface area contributed by atoms with E-state index < -0.39 is 0 Å². The molecule has 1 aliphatic rings. The molecule has 1 aromatic carbocycles. The van der Waals surface area contributed by atoms with Crippen LogP contribution in [0.1, 0.15) is 38.2 Å². The number of nitrogens with zero attached hydrogens (tertiary/aromatic N) is 1. The Morgan fingerprint density at radius 3 is 2.80 bits per heavy atom. The molecule has 0 radical (unpaired) electrons. The number of carbonyl (C=O) groups excluding carboxylic acids is 1. The Bertz CT molecular complexity index is 564. The molecule has 1 aliphatic carbocycles. The summed E-state index contributed by atoms with van der Waals surface area (Å²) in [4.78, 5) is 16.1. The molecule has 0 heterocycles. The summed E-state index contributed by atoms with van der Waals surface area (Å²) >= 11 is 0. The molecular formula is C18H28FIN4O. The van der Waals surface area contributed by atoms with Crippen molar-refractivity contribution in [1.29, 1.82) is 0 Å². The largest absolute Gasteiger partial charge is 0.357 e. The highest BCUT2D eigenvalue weighted by Gasteiger charge is 2.22. The average molecular weight is 462 g/mol. The summed E-state index contributed by atoms with van der Waals surface area (Å²) < 4.78 is 13.1. The Labute approximate surface area is 166 Å². The van der Waals surface area contributed by atoms with Crippen LogP contribution in [0.3, 0.4) is 0 Å². The summed E-state index contributed by atoms with van der Waals surface area (Å²) in [6.07, 6.45) is 4.21. The van der Waals surface area contributed by atoms with E-state index in [-0.39, 0.29) is 35.7 Å². The number of guanidine groups is 1. The predicted octanol–water partition coefficient (Wildman–Crippen LogP) is 2.60. The lowest BCUT2D eigenvalue weighted by Gasteiger charge is -2.11. The molecule has 0 saturated heterocycles. The molecule has 2 rings (SSSR count). The summed E-state index contributed by atoms with van der Waals surface area (Å²) in [6.45, 7) is 4.06. The number of halogens is 2. The molecular weight excluding hydrogens is 434 g/mol. The summed E-state index contributed by atoms with van der Waals surface area (Å²) in [7, 11) is 0. The van der Waals surface area contributed by atoms with Gasteiger partial charge in [-0.1, -0.05) is 12.1 Å². The Kier molecular flexibility index (Phi) is 10.4. The van der Waals surface area contributed by atoms with Gasteiger partial charge in [-0.2, -0.15) is 0 Å². The summed E-state index contributed by atoms with van der Waals surface area (Å²) in [6, 6.07) is 7.04. The predicted molar refractivity (Wildman–Crippen MR) is 110 cm³/mol. The van der Waals surface area contributed by atoms with Gasteiger partial charge in [-0.25, -0.2) is 4.39 Å². The molecule has 1 fully saturated rings. The quantitative estimate of drug-likeness (QED) is 0.229. The van der Waals surface area contributed by atoms with Crippen molar-refractivity contribution in [3.05, 3.63) is 35.6 Å². The minimum atomic E-state index is -0.211. The number of hydrogen-bond acceptors (Lipinski definition) is 2. The first kappa shape index (κ1) is 21.7. The van der Waals surface area contributed by atoms with Crippen molar-refractivity contribution >= 4 is 35.8 Å². The van der Waals surface area contributed by atoms with Crippen LogP contribution in [0.15, 0.2) is 29.3 Å². The number of nitrogens with one attached hydrogen (secondary N) is 3. The second kappa shape index (κ2) is 12.1. The molecule has 0 bridgehead atoms. The lowest BCUT2D eigenvalue weighted by Crippen LogP contribution is -2.38. The van der Waals surface area contributed by atoms with Crippen molar-refractivity contribution in [1.82, 2.24) is 16.0 Å². The molecule has 7 heteroatoms. The number of amides is 1. The lowest BCUT2D eigenvalue weighted by atomic mass is 10.1. The fraction of sp³-hybridized carbons (Fsp3) is 0.556. The van der Waals surface area contributed by atoms with Gasteiger partial charge < -0.3 is 16.0 Å². The van der Waals surface area contributed by atoms with E-state index in [1.165, 1.54) is 6.07 Å². The Balaban J connectivity index is 0.00000312. The molecule has 1 aromatic rings. The third-order valence-electron chi connectivity index (χ3n) is 3.71. The highest BCUT2D eigenvalue weighted by molar-refractivity contribution is 14.0. The van der Waals surface area contributed by atoms with Crippen LogP contribution in [0.2, 0.25) is 0 Å². The zero-order chi connectivity index (χ0) is 17.2. The van der Waals surface area contributed by atoms with Gasteiger partial charge in [0.15, 0.2) is 5.96 Å². The molecule has 1 saturated carbocycles. The van der Waals surface area contributed by atoms with E-state index in [4.69, 9.17) is 0 Å². The topological polar surface area (TPSA) is 65.5 Å². The second-order valence-corrected chi connectivity index (χ2v) is 6.01. The number of aliphatic imine (C=N–C) groups is 1. The van der Waals surface area contributed by atoms with Crippen molar-refractivity contribution < 1.29 is 9.18 Å². The number of carbonyl (C=O) groups is 1. The molecule has 25 heavy (non-hydrogen) atoms. The minimum Gasteiger partial charge on any atom is -0.357 e. The second-order valence-electron chi connectivity index (χ2n) is 6.01. The number of benzene rings is 1. The Morgan fingerprint density at radius 1 is 1.32 bits per heavy atom. The van der Waals surface area contributed by atoms with Crippen LogP contribution in [-0.4, -0.2) is 37.5 Å². The molecule has 0 aromatic heterocycles. The van der Waals surface area contributed by atoms with Crippen molar-refractivity contribution in [3.8, 4) is 0 Å². The smallest absolute Gasteiger partial charge is 0.220 e. The van der Waals surface area contributed by atoms with Crippen LogP contribution >= 0.6 is 24.0 Å². The van der Waals surface area contributed by atoms with Crippen LogP contribution in [0, 0.1) is 5.82 Å². The van der Waals surface area contributed by atoms with E-state index in [1.807, 2.05) is 13.0 Å². The molecule has 0 atom stereocenters. The van der Waals surface area contributed by atoms with Gasteiger partial charge in [0, 0.05) is 32.1 Å². The van der Waals surface area contributed by atoms with Gasteiger partial charge in [-0.05, 0) is 50.3 Å². The fourth-order valence-electron chi connectivity index (χ4n) is 2.32. The number of rotatable bonds is 9. The molecule has 140 valence electrons. The van der Waals surface area contributed by atoms with E-state index in [1.54, 1.807) is 12.1 Å². The molecule has 0 spiro atoms. The summed E-state index contributed by atoms with van der Waals surface area (Å²) in [5, 5.41) is 9.38. The maximum absolute atomic E-state index is 13.1. The summed E-state index contributed by atoms with van der Waals surface area (Å²) in [5.41, 5.74) is 0.954. The first-order valence-electron chi connectivity index (χ1n) is 8.73. The van der Waals surface area contributed by atoms with Gasteiger partial charge in [0.05, 0.1) is 0 Å². The third kappa shape index (κ3) is 9.62. The van der Waals surface area contributed by atoms with E-state index in [9.17, 15) is 9.18 Å². The van der Waals surface area contributed by atoms with E-state index in [0.717, 1.165) is 43.8 Å². The van der Waals surface area contributed by atoms with Crippen LogP contribution in [0.5, 0.6) is 0 Å². The van der Waals surface area contributed by atoms with E-state index in [2.05, 4.69) is 20.9 Å². The Morgan fingerprint density at radius 2 is 2.12 bits per heavy atom. The zero-order valence-electron chi connectivity index (χ0n) is 14.7. The SMILES string of the molecule is CCNC(=NCCCC(=O)NC1CC1)NCCc1cccc(F)c1.I. The number of hydrogen-bond donors (Lipinski definition) is 3. The van der Waals surface area contributed by atoms with Crippen molar-refractivity contribution in [3.63, 3.8) is 0 Å².